The minimum absolute atomic E-state index is 0.0123. The fourth-order valence-electron chi connectivity index (χ4n) is 2.82. The minimum atomic E-state index is -0.624. The molecule has 1 aromatic carbocycles. The van der Waals surface area contributed by atoms with Gasteiger partial charge in [0.25, 0.3) is 5.91 Å². The van der Waals surface area contributed by atoms with Crippen LogP contribution in [-0.4, -0.2) is 40.7 Å². The SMILES string of the molecule is CCC(Oc1ccccc1)C(=O)N1CC(O)(C2CC2)C1. The molecular weight excluding hydrogens is 254 g/mol. The molecular formula is C16H21NO3. The molecule has 2 aliphatic rings. The number of carbonyl (C=O) groups is 1. The van der Waals surface area contributed by atoms with Gasteiger partial charge in [-0.3, -0.25) is 4.79 Å². The number of ether oxygens (including phenoxy) is 1. The first kappa shape index (κ1) is 13.4. The van der Waals surface area contributed by atoms with Crippen molar-refractivity contribution in [2.75, 3.05) is 13.1 Å². The first-order valence-corrected chi connectivity index (χ1v) is 7.35. The number of benzene rings is 1. The van der Waals surface area contributed by atoms with E-state index in [-0.39, 0.29) is 5.91 Å². The van der Waals surface area contributed by atoms with E-state index >= 15 is 0 Å². The van der Waals surface area contributed by atoms with Gasteiger partial charge in [0, 0.05) is 0 Å². The maximum absolute atomic E-state index is 12.4. The largest absolute Gasteiger partial charge is 0.481 e. The molecule has 0 spiro atoms. The van der Waals surface area contributed by atoms with Crippen molar-refractivity contribution in [3.63, 3.8) is 0 Å². The first-order valence-electron chi connectivity index (χ1n) is 7.35. The summed E-state index contributed by atoms with van der Waals surface area (Å²) in [6.45, 7) is 2.87. The normalized spacial score (nSPS) is 22.0. The van der Waals surface area contributed by atoms with Crippen molar-refractivity contribution in [3.8, 4) is 5.75 Å². The highest BCUT2D eigenvalue weighted by Crippen LogP contribution is 2.44. The van der Waals surface area contributed by atoms with E-state index in [4.69, 9.17) is 4.74 Å². The van der Waals surface area contributed by atoms with Crippen LogP contribution in [0.1, 0.15) is 26.2 Å². The van der Waals surface area contributed by atoms with E-state index in [1.54, 1.807) is 4.90 Å². The van der Waals surface area contributed by atoms with E-state index in [2.05, 4.69) is 0 Å². The molecule has 1 aromatic rings. The average molecular weight is 275 g/mol. The Morgan fingerprint density at radius 1 is 1.40 bits per heavy atom. The maximum atomic E-state index is 12.4. The number of likely N-dealkylation sites (tertiary alicyclic amines) is 1. The number of hydrogen-bond acceptors (Lipinski definition) is 3. The monoisotopic (exact) mass is 275 g/mol. The van der Waals surface area contributed by atoms with E-state index < -0.39 is 11.7 Å². The van der Waals surface area contributed by atoms with Crippen LogP contribution >= 0.6 is 0 Å². The van der Waals surface area contributed by atoms with Gasteiger partial charge in [0.2, 0.25) is 0 Å². The lowest BCUT2D eigenvalue weighted by atomic mass is 9.88. The maximum Gasteiger partial charge on any atom is 0.263 e. The quantitative estimate of drug-likeness (QED) is 0.892. The summed E-state index contributed by atoms with van der Waals surface area (Å²) in [5.41, 5.74) is -0.624. The van der Waals surface area contributed by atoms with Gasteiger partial charge in [-0.1, -0.05) is 25.1 Å². The molecule has 0 aromatic heterocycles. The lowest BCUT2D eigenvalue weighted by Gasteiger charge is -2.47. The summed E-state index contributed by atoms with van der Waals surface area (Å²) in [4.78, 5) is 14.1. The number of amides is 1. The molecule has 20 heavy (non-hydrogen) atoms. The molecule has 4 heteroatoms. The summed E-state index contributed by atoms with van der Waals surface area (Å²) in [7, 11) is 0. The predicted octanol–water partition coefficient (Wildman–Crippen LogP) is 1.83. The molecule has 108 valence electrons. The van der Waals surface area contributed by atoms with Gasteiger partial charge in [0.05, 0.1) is 13.1 Å². The standard InChI is InChI=1S/C16H21NO3/c1-2-14(20-13-6-4-3-5-7-13)15(18)17-10-16(19,11-17)12-8-9-12/h3-7,12,14,19H,2,8-11H2,1H3. The van der Waals surface area contributed by atoms with E-state index in [0.717, 1.165) is 12.8 Å². The molecule has 1 aliphatic carbocycles. The molecule has 0 bridgehead atoms. The highest BCUT2D eigenvalue weighted by molar-refractivity contribution is 5.82. The number of aliphatic hydroxyl groups is 1. The molecule has 3 rings (SSSR count). The van der Waals surface area contributed by atoms with Gasteiger partial charge in [-0.05, 0) is 37.3 Å². The van der Waals surface area contributed by atoms with Gasteiger partial charge in [-0.15, -0.1) is 0 Å². The number of rotatable bonds is 5. The molecule has 1 heterocycles. The summed E-state index contributed by atoms with van der Waals surface area (Å²) in [6.07, 6.45) is 2.36. The van der Waals surface area contributed by atoms with Crippen molar-refractivity contribution in [1.82, 2.24) is 4.90 Å². The third-order valence-electron chi connectivity index (χ3n) is 4.25. The zero-order valence-corrected chi connectivity index (χ0v) is 11.8. The Balaban J connectivity index is 1.58. The molecule has 2 fully saturated rings. The predicted molar refractivity (Wildman–Crippen MR) is 75.4 cm³/mol. The summed E-state index contributed by atoms with van der Waals surface area (Å²) < 4.78 is 5.75. The summed E-state index contributed by atoms with van der Waals surface area (Å²) in [5.74, 6) is 1.11. The van der Waals surface area contributed by atoms with Crippen LogP contribution in [0.4, 0.5) is 0 Å². The average Bonchev–Trinajstić information content (AvgIpc) is 3.26. The van der Waals surface area contributed by atoms with Gasteiger partial charge in [-0.2, -0.15) is 0 Å². The van der Waals surface area contributed by atoms with E-state index in [9.17, 15) is 9.90 Å². The zero-order chi connectivity index (χ0) is 14.2. The Morgan fingerprint density at radius 2 is 2.05 bits per heavy atom. The van der Waals surface area contributed by atoms with Crippen LogP contribution in [0.3, 0.4) is 0 Å². The smallest absolute Gasteiger partial charge is 0.263 e. The van der Waals surface area contributed by atoms with Crippen LogP contribution in [0, 0.1) is 5.92 Å². The van der Waals surface area contributed by atoms with Crippen molar-refractivity contribution < 1.29 is 14.6 Å². The first-order chi connectivity index (χ1) is 9.62. The Morgan fingerprint density at radius 3 is 2.60 bits per heavy atom. The van der Waals surface area contributed by atoms with Crippen molar-refractivity contribution in [3.05, 3.63) is 30.3 Å². The summed E-state index contributed by atoms with van der Waals surface area (Å²) >= 11 is 0. The Hall–Kier alpha value is -1.55. The fraction of sp³-hybridized carbons (Fsp3) is 0.562. The molecule has 1 saturated heterocycles. The molecule has 1 amide bonds. The lowest BCUT2D eigenvalue weighted by molar-refractivity contribution is -0.166. The Labute approximate surface area is 119 Å². The highest BCUT2D eigenvalue weighted by Gasteiger charge is 2.54. The number of β-amino-alcohol motifs (C(OH)–C–C–N with tert-alkyl or cyclic N) is 1. The van der Waals surface area contributed by atoms with Gasteiger partial charge in [-0.25, -0.2) is 0 Å². The van der Waals surface area contributed by atoms with E-state index in [0.29, 0.717) is 31.2 Å². The van der Waals surface area contributed by atoms with Gasteiger partial charge < -0.3 is 14.7 Å². The lowest BCUT2D eigenvalue weighted by Crippen LogP contribution is -2.66. The second-order valence-corrected chi connectivity index (χ2v) is 5.90. The van der Waals surface area contributed by atoms with Crippen molar-refractivity contribution in [2.45, 2.75) is 37.9 Å². The molecule has 1 unspecified atom stereocenters. The summed E-state index contributed by atoms with van der Waals surface area (Å²) in [6, 6.07) is 9.41. The molecule has 1 aliphatic heterocycles. The number of para-hydroxylation sites is 1. The topological polar surface area (TPSA) is 49.8 Å². The van der Waals surface area contributed by atoms with Crippen LogP contribution < -0.4 is 4.74 Å². The molecule has 0 radical (unpaired) electrons. The molecule has 4 nitrogen and oxygen atoms in total. The Bertz CT molecular complexity index is 478. The number of carbonyl (C=O) groups excluding carboxylic acids is 1. The van der Waals surface area contributed by atoms with Crippen LogP contribution in [0.5, 0.6) is 5.75 Å². The van der Waals surface area contributed by atoms with Gasteiger partial charge in [0.15, 0.2) is 6.10 Å². The van der Waals surface area contributed by atoms with Gasteiger partial charge >= 0.3 is 0 Å². The van der Waals surface area contributed by atoms with E-state index in [1.807, 2.05) is 37.3 Å². The number of hydrogen-bond donors (Lipinski definition) is 1. The highest BCUT2D eigenvalue weighted by atomic mass is 16.5. The fourth-order valence-corrected chi connectivity index (χ4v) is 2.82. The second kappa shape index (κ2) is 5.09. The van der Waals surface area contributed by atoms with Crippen molar-refractivity contribution in [2.24, 2.45) is 5.92 Å². The summed E-state index contributed by atoms with van der Waals surface area (Å²) in [5, 5.41) is 10.3. The van der Waals surface area contributed by atoms with Crippen LogP contribution in [0.15, 0.2) is 30.3 Å². The third-order valence-corrected chi connectivity index (χ3v) is 4.25. The van der Waals surface area contributed by atoms with E-state index in [1.165, 1.54) is 0 Å². The molecule has 1 atom stereocenters. The molecule has 1 saturated carbocycles. The Kier molecular flexibility index (Phi) is 3.42. The van der Waals surface area contributed by atoms with Gasteiger partial charge in [0.1, 0.15) is 11.4 Å². The second-order valence-electron chi connectivity index (χ2n) is 5.90. The van der Waals surface area contributed by atoms with Crippen LogP contribution in [0.2, 0.25) is 0 Å². The number of nitrogens with zero attached hydrogens (tertiary/aromatic N) is 1. The third kappa shape index (κ3) is 2.52. The molecule has 1 N–H and O–H groups in total. The van der Waals surface area contributed by atoms with Crippen molar-refractivity contribution >= 4 is 5.91 Å². The van der Waals surface area contributed by atoms with Crippen molar-refractivity contribution in [1.29, 1.82) is 0 Å². The van der Waals surface area contributed by atoms with Crippen LogP contribution in [0.25, 0.3) is 0 Å². The minimum Gasteiger partial charge on any atom is -0.481 e. The zero-order valence-electron chi connectivity index (χ0n) is 11.8. The van der Waals surface area contributed by atoms with Crippen LogP contribution in [-0.2, 0) is 4.79 Å².